The van der Waals surface area contributed by atoms with Gasteiger partial charge in [-0.3, -0.25) is 9.89 Å². The molecule has 0 aliphatic carbocycles. The molecule has 5 rings (SSSR count). The monoisotopic (exact) mass is 518 g/mol. The minimum atomic E-state index is -0.811. The summed E-state index contributed by atoms with van der Waals surface area (Å²) < 4.78 is 12.4. The molecule has 0 spiro atoms. The first-order chi connectivity index (χ1) is 17.9. The average Bonchev–Trinajstić information content (AvgIpc) is 3.43. The molecule has 0 bridgehead atoms. The number of nitrogens with one attached hydrogen (secondary N) is 2. The second-order valence-electron chi connectivity index (χ2n) is 12.2. The van der Waals surface area contributed by atoms with E-state index in [1.54, 1.807) is 19.9 Å². The topological polar surface area (TPSA) is 99.7 Å². The molecule has 1 atom stereocenters. The molecule has 1 aromatic heterocycles. The third-order valence-electron chi connectivity index (χ3n) is 6.92. The summed E-state index contributed by atoms with van der Waals surface area (Å²) in [4.78, 5) is 15.7. The Balaban J connectivity index is 1.44. The predicted molar refractivity (Wildman–Crippen MR) is 150 cm³/mol. The molecule has 38 heavy (non-hydrogen) atoms. The summed E-state index contributed by atoms with van der Waals surface area (Å²) in [5, 5.41) is 22.0. The van der Waals surface area contributed by atoms with Crippen LogP contribution in [-0.4, -0.2) is 57.0 Å². The SMILES string of the molecule is CC(C)Oc1cc2c(cc1OCC(C)(C)CC(C)(C)O)C(=O)N1C=C(c3ccc4[nH]ncc4c3)CC1CN2. The van der Waals surface area contributed by atoms with Gasteiger partial charge in [0.05, 0.1) is 47.3 Å². The van der Waals surface area contributed by atoms with Gasteiger partial charge in [-0.1, -0.05) is 19.9 Å². The first kappa shape index (κ1) is 26.1. The van der Waals surface area contributed by atoms with Gasteiger partial charge in [-0.2, -0.15) is 5.10 Å². The maximum absolute atomic E-state index is 13.8. The lowest BCUT2D eigenvalue weighted by Crippen LogP contribution is -2.34. The minimum Gasteiger partial charge on any atom is -0.489 e. The van der Waals surface area contributed by atoms with E-state index in [0.717, 1.165) is 34.1 Å². The van der Waals surface area contributed by atoms with Crippen LogP contribution in [0, 0.1) is 5.41 Å². The van der Waals surface area contributed by atoms with Crippen molar-refractivity contribution in [2.75, 3.05) is 18.5 Å². The second-order valence-corrected chi connectivity index (χ2v) is 12.2. The Bertz CT molecular complexity index is 1380. The van der Waals surface area contributed by atoms with Crippen LogP contribution in [0.4, 0.5) is 5.69 Å². The molecule has 2 aliphatic rings. The van der Waals surface area contributed by atoms with Crippen molar-refractivity contribution in [3.05, 3.63) is 53.9 Å². The maximum atomic E-state index is 13.8. The molecule has 0 radical (unpaired) electrons. The molecule has 8 nitrogen and oxygen atoms in total. The highest BCUT2D eigenvalue weighted by Crippen LogP contribution is 2.41. The number of nitrogens with zero attached hydrogens (tertiary/aromatic N) is 2. The highest BCUT2D eigenvalue weighted by atomic mass is 16.5. The van der Waals surface area contributed by atoms with Crippen molar-refractivity contribution >= 4 is 28.1 Å². The Morgan fingerprint density at radius 1 is 1.16 bits per heavy atom. The zero-order valence-electron chi connectivity index (χ0n) is 23.1. The predicted octanol–water partition coefficient (Wildman–Crippen LogP) is 5.60. The quantitative estimate of drug-likeness (QED) is 0.359. The number of hydrogen-bond acceptors (Lipinski definition) is 6. The van der Waals surface area contributed by atoms with Gasteiger partial charge in [-0.15, -0.1) is 0 Å². The molecule has 0 saturated carbocycles. The zero-order valence-corrected chi connectivity index (χ0v) is 23.1. The van der Waals surface area contributed by atoms with Crippen molar-refractivity contribution in [2.45, 2.75) is 72.1 Å². The fourth-order valence-corrected chi connectivity index (χ4v) is 5.61. The minimum absolute atomic E-state index is 0.00880. The Kier molecular flexibility index (Phi) is 6.63. The lowest BCUT2D eigenvalue weighted by atomic mass is 9.82. The molecular weight excluding hydrogens is 480 g/mol. The molecule has 3 N–H and O–H groups in total. The van der Waals surface area contributed by atoms with E-state index in [1.807, 2.05) is 43.3 Å². The molecule has 0 fully saturated rings. The van der Waals surface area contributed by atoms with Crippen molar-refractivity contribution in [2.24, 2.45) is 5.41 Å². The number of anilines is 1. The number of hydrogen-bond donors (Lipinski definition) is 3. The number of carbonyl (C=O) groups is 1. The van der Waals surface area contributed by atoms with Crippen LogP contribution < -0.4 is 14.8 Å². The van der Waals surface area contributed by atoms with Gasteiger partial charge in [-0.05, 0) is 69.9 Å². The summed E-state index contributed by atoms with van der Waals surface area (Å²) in [6.45, 7) is 12.7. The standard InChI is InChI=1S/C30H38N4O4/c1-18(2)38-27-12-25-23(11-26(27)37-17-29(3,4)16-30(5,6)36)28(35)34-15-21(10-22(34)14-31-25)19-7-8-24-20(9-19)13-32-33-24/h7-9,11-13,15,18,22,31,36H,10,14,16-17H2,1-6H3,(H,32,33). The van der Waals surface area contributed by atoms with Gasteiger partial charge in [0.15, 0.2) is 11.5 Å². The van der Waals surface area contributed by atoms with Gasteiger partial charge in [0.1, 0.15) is 0 Å². The Labute approximate surface area is 224 Å². The summed E-state index contributed by atoms with van der Waals surface area (Å²) >= 11 is 0. The van der Waals surface area contributed by atoms with E-state index in [0.29, 0.717) is 36.6 Å². The fraction of sp³-hybridized carbons (Fsp3) is 0.467. The van der Waals surface area contributed by atoms with E-state index in [9.17, 15) is 9.90 Å². The Morgan fingerprint density at radius 3 is 2.68 bits per heavy atom. The molecule has 2 aromatic carbocycles. The van der Waals surface area contributed by atoms with Crippen LogP contribution in [0.1, 0.15) is 70.3 Å². The van der Waals surface area contributed by atoms with Gasteiger partial charge < -0.3 is 24.8 Å². The van der Waals surface area contributed by atoms with E-state index in [4.69, 9.17) is 9.47 Å². The van der Waals surface area contributed by atoms with Crippen LogP contribution in [0.3, 0.4) is 0 Å². The van der Waals surface area contributed by atoms with E-state index in [2.05, 4.69) is 41.5 Å². The molecule has 2 aliphatic heterocycles. The van der Waals surface area contributed by atoms with Gasteiger partial charge >= 0.3 is 0 Å². The number of rotatable bonds is 8. The summed E-state index contributed by atoms with van der Waals surface area (Å²) in [6.07, 6.45) is 5.08. The lowest BCUT2D eigenvalue weighted by Gasteiger charge is -2.31. The Morgan fingerprint density at radius 2 is 1.95 bits per heavy atom. The number of amides is 1. The van der Waals surface area contributed by atoms with Crippen molar-refractivity contribution < 1.29 is 19.4 Å². The number of fused-ring (bicyclic) bond motifs is 3. The lowest BCUT2D eigenvalue weighted by molar-refractivity contribution is 0.0154. The van der Waals surface area contributed by atoms with Crippen LogP contribution in [0.25, 0.3) is 16.5 Å². The number of aromatic nitrogens is 2. The third kappa shape index (κ3) is 5.50. The van der Waals surface area contributed by atoms with Gasteiger partial charge in [-0.25, -0.2) is 0 Å². The van der Waals surface area contributed by atoms with Crippen LogP contribution in [0.15, 0.2) is 42.7 Å². The molecule has 1 unspecified atom stereocenters. The van der Waals surface area contributed by atoms with E-state index in [-0.39, 0.29) is 23.5 Å². The molecule has 202 valence electrons. The van der Waals surface area contributed by atoms with Crippen molar-refractivity contribution in [3.8, 4) is 11.5 Å². The van der Waals surface area contributed by atoms with E-state index >= 15 is 0 Å². The highest BCUT2D eigenvalue weighted by molar-refractivity contribution is 6.03. The van der Waals surface area contributed by atoms with E-state index in [1.165, 1.54) is 0 Å². The van der Waals surface area contributed by atoms with Gasteiger partial charge in [0.2, 0.25) is 0 Å². The van der Waals surface area contributed by atoms with Crippen molar-refractivity contribution in [3.63, 3.8) is 0 Å². The Hall–Kier alpha value is -3.52. The van der Waals surface area contributed by atoms with E-state index < -0.39 is 5.60 Å². The molecule has 3 heterocycles. The van der Waals surface area contributed by atoms with Crippen molar-refractivity contribution in [1.29, 1.82) is 0 Å². The molecular formula is C30H38N4O4. The number of aromatic amines is 1. The second kappa shape index (κ2) is 9.66. The molecule has 0 saturated heterocycles. The van der Waals surface area contributed by atoms with Crippen LogP contribution in [0.5, 0.6) is 11.5 Å². The third-order valence-corrected chi connectivity index (χ3v) is 6.92. The first-order valence-electron chi connectivity index (χ1n) is 13.3. The number of carbonyl (C=O) groups excluding carboxylic acids is 1. The van der Waals surface area contributed by atoms with Crippen LogP contribution in [0.2, 0.25) is 0 Å². The zero-order chi connectivity index (χ0) is 27.2. The van der Waals surface area contributed by atoms with Crippen molar-refractivity contribution in [1.82, 2.24) is 15.1 Å². The first-order valence-corrected chi connectivity index (χ1v) is 13.3. The smallest absolute Gasteiger partial charge is 0.260 e. The number of ether oxygens (including phenoxy) is 2. The molecule has 8 heteroatoms. The summed E-state index contributed by atoms with van der Waals surface area (Å²) in [6, 6.07) is 9.90. The largest absolute Gasteiger partial charge is 0.489 e. The number of H-pyrrole nitrogens is 1. The maximum Gasteiger partial charge on any atom is 0.260 e. The molecule has 3 aromatic rings. The molecule has 1 amide bonds. The van der Waals surface area contributed by atoms with Crippen LogP contribution >= 0.6 is 0 Å². The summed E-state index contributed by atoms with van der Waals surface area (Å²) in [5.74, 6) is 1.07. The van der Waals surface area contributed by atoms with Crippen LogP contribution in [-0.2, 0) is 0 Å². The highest BCUT2D eigenvalue weighted by Gasteiger charge is 2.35. The normalized spacial score (nSPS) is 17.7. The number of aliphatic hydroxyl groups is 1. The summed E-state index contributed by atoms with van der Waals surface area (Å²) in [5.41, 5.74) is 3.43. The van der Waals surface area contributed by atoms with Gasteiger partial charge in [0, 0.05) is 29.6 Å². The van der Waals surface area contributed by atoms with Gasteiger partial charge in [0.25, 0.3) is 5.91 Å². The number of benzene rings is 2. The summed E-state index contributed by atoms with van der Waals surface area (Å²) in [7, 11) is 0. The average molecular weight is 519 g/mol. The fourth-order valence-electron chi connectivity index (χ4n) is 5.61.